The van der Waals surface area contributed by atoms with Crippen molar-refractivity contribution in [1.82, 2.24) is 5.32 Å². The van der Waals surface area contributed by atoms with E-state index in [4.69, 9.17) is 16.5 Å². The lowest BCUT2D eigenvalue weighted by Crippen LogP contribution is -2.22. The van der Waals surface area contributed by atoms with Gasteiger partial charge in [-0.3, -0.25) is 9.78 Å². The Bertz CT molecular complexity index is 1230. The van der Waals surface area contributed by atoms with Gasteiger partial charge in [0, 0.05) is 18.0 Å². The maximum absolute atomic E-state index is 12.9. The van der Waals surface area contributed by atoms with E-state index < -0.39 is 21.9 Å². The van der Waals surface area contributed by atoms with Gasteiger partial charge in [0.1, 0.15) is 0 Å². The predicted molar refractivity (Wildman–Crippen MR) is 138 cm³/mol. The summed E-state index contributed by atoms with van der Waals surface area (Å²) in [5.74, 6) is -0.248. The number of rotatable bonds is 13. The summed E-state index contributed by atoms with van der Waals surface area (Å²) in [6.07, 6.45) is 1.85. The quantitative estimate of drug-likeness (QED) is 0.180. The summed E-state index contributed by atoms with van der Waals surface area (Å²) in [7, 11) is -3.69. The molecule has 3 aromatic rings. The molecule has 0 unspecified atom stereocenters. The molecule has 0 fully saturated rings. The lowest BCUT2D eigenvalue weighted by Gasteiger charge is -2.12. The van der Waals surface area contributed by atoms with Gasteiger partial charge in [-0.15, -0.1) is 0 Å². The van der Waals surface area contributed by atoms with Crippen LogP contribution in [0.1, 0.15) is 43.4 Å². The van der Waals surface area contributed by atoms with E-state index >= 15 is 0 Å². The molecule has 36 heavy (non-hydrogen) atoms. The molecular formula is C27H30ClNO6S. The lowest BCUT2D eigenvalue weighted by atomic mass is 10.1. The van der Waals surface area contributed by atoms with Gasteiger partial charge in [-0.05, 0) is 85.5 Å². The standard InChI is InChI=1S/C27H30ClNO6S/c1-2-5-27(31)35-34-23-11-15-25(16-12-23)36(32,33)24-13-9-20(10-14-24)6-4-17-29-19-26(30)21-7-3-8-22(28)18-21/h3,7-16,18,26,29-30H,2,4-6,17,19H2,1H3/t26-/m0/s1. The molecule has 0 saturated heterocycles. The topological polar surface area (TPSA) is 102 Å². The van der Waals surface area contributed by atoms with Crippen molar-refractivity contribution in [3.63, 3.8) is 0 Å². The largest absolute Gasteiger partial charge is 0.387 e. The SMILES string of the molecule is CCCC(=O)OOc1ccc(S(=O)(=O)c2ccc(CCCNC[C@H](O)c3cccc(Cl)c3)cc2)cc1. The lowest BCUT2D eigenvalue weighted by molar-refractivity contribution is -0.213. The number of hydrogen-bond acceptors (Lipinski definition) is 7. The molecule has 0 aliphatic rings. The molecule has 192 valence electrons. The molecule has 7 nitrogen and oxygen atoms in total. The Morgan fingerprint density at radius 1 is 1.03 bits per heavy atom. The molecule has 0 radical (unpaired) electrons. The van der Waals surface area contributed by atoms with Crippen LogP contribution in [0.3, 0.4) is 0 Å². The molecule has 0 heterocycles. The molecule has 0 amide bonds. The van der Waals surface area contributed by atoms with Crippen LogP contribution in [0, 0.1) is 0 Å². The van der Waals surface area contributed by atoms with Gasteiger partial charge in [0.25, 0.3) is 0 Å². The number of aliphatic hydroxyl groups is 1. The van der Waals surface area contributed by atoms with E-state index in [1.54, 1.807) is 36.4 Å². The van der Waals surface area contributed by atoms with Crippen LogP contribution < -0.4 is 10.2 Å². The number of carbonyl (C=O) groups excluding carboxylic acids is 1. The molecule has 0 aliphatic carbocycles. The Kier molecular flexibility index (Phi) is 10.3. The highest BCUT2D eigenvalue weighted by molar-refractivity contribution is 7.91. The highest BCUT2D eigenvalue weighted by atomic mass is 35.5. The Morgan fingerprint density at radius 2 is 1.69 bits per heavy atom. The van der Waals surface area contributed by atoms with E-state index in [-0.39, 0.29) is 22.0 Å². The number of halogens is 1. The molecular weight excluding hydrogens is 502 g/mol. The van der Waals surface area contributed by atoms with Crippen LogP contribution in [0.25, 0.3) is 0 Å². The van der Waals surface area contributed by atoms with Gasteiger partial charge in [-0.1, -0.05) is 42.8 Å². The molecule has 0 aromatic heterocycles. The van der Waals surface area contributed by atoms with Crippen LogP contribution in [-0.4, -0.2) is 32.6 Å². The van der Waals surface area contributed by atoms with Crippen molar-refractivity contribution >= 4 is 27.4 Å². The average Bonchev–Trinajstić information content (AvgIpc) is 2.88. The van der Waals surface area contributed by atoms with Crippen molar-refractivity contribution in [2.45, 2.75) is 48.5 Å². The minimum absolute atomic E-state index is 0.116. The molecule has 3 aromatic carbocycles. The second-order valence-electron chi connectivity index (χ2n) is 8.29. The van der Waals surface area contributed by atoms with Crippen LogP contribution in [0.2, 0.25) is 5.02 Å². The van der Waals surface area contributed by atoms with E-state index in [0.717, 1.165) is 24.0 Å². The number of sulfone groups is 1. The minimum atomic E-state index is -3.69. The van der Waals surface area contributed by atoms with Crippen molar-refractivity contribution in [1.29, 1.82) is 0 Å². The van der Waals surface area contributed by atoms with Crippen molar-refractivity contribution in [2.24, 2.45) is 0 Å². The molecule has 0 aliphatic heterocycles. The molecule has 1 atom stereocenters. The van der Waals surface area contributed by atoms with E-state index in [9.17, 15) is 18.3 Å². The second kappa shape index (κ2) is 13.4. The highest BCUT2D eigenvalue weighted by Crippen LogP contribution is 2.24. The first kappa shape index (κ1) is 27.7. The third-order valence-electron chi connectivity index (χ3n) is 5.44. The third-order valence-corrected chi connectivity index (χ3v) is 7.46. The molecule has 0 saturated carbocycles. The minimum Gasteiger partial charge on any atom is -0.387 e. The zero-order chi connectivity index (χ0) is 26.0. The van der Waals surface area contributed by atoms with E-state index in [2.05, 4.69) is 10.2 Å². The Morgan fingerprint density at radius 3 is 2.33 bits per heavy atom. The number of aliphatic hydroxyl groups excluding tert-OH is 1. The summed E-state index contributed by atoms with van der Waals surface area (Å²) < 4.78 is 25.9. The van der Waals surface area contributed by atoms with Gasteiger partial charge in [-0.2, -0.15) is 0 Å². The van der Waals surface area contributed by atoms with Gasteiger partial charge < -0.3 is 10.4 Å². The fraction of sp³-hybridized carbons (Fsp3) is 0.296. The monoisotopic (exact) mass is 531 g/mol. The Balaban J connectivity index is 1.46. The third kappa shape index (κ3) is 8.06. The second-order valence-corrected chi connectivity index (χ2v) is 10.7. The van der Waals surface area contributed by atoms with Crippen LogP contribution in [-0.2, 0) is 25.9 Å². The van der Waals surface area contributed by atoms with Gasteiger partial charge in [0.2, 0.25) is 9.84 Å². The number of benzene rings is 3. The highest BCUT2D eigenvalue weighted by Gasteiger charge is 2.18. The van der Waals surface area contributed by atoms with Crippen molar-refractivity contribution in [3.8, 4) is 5.75 Å². The zero-order valence-electron chi connectivity index (χ0n) is 20.0. The average molecular weight is 532 g/mol. The summed E-state index contributed by atoms with van der Waals surface area (Å²) in [6, 6.07) is 19.7. The van der Waals surface area contributed by atoms with E-state index in [0.29, 0.717) is 24.5 Å². The molecule has 2 N–H and O–H groups in total. The molecule has 0 bridgehead atoms. The number of aryl methyl sites for hydroxylation is 1. The number of carbonyl (C=O) groups is 1. The number of nitrogens with one attached hydrogen (secondary N) is 1. The first-order valence-corrected chi connectivity index (χ1v) is 13.6. The molecule has 0 spiro atoms. The van der Waals surface area contributed by atoms with Crippen LogP contribution in [0.5, 0.6) is 5.75 Å². The molecule has 3 rings (SSSR count). The van der Waals surface area contributed by atoms with Gasteiger partial charge in [0.15, 0.2) is 5.75 Å². The first-order chi connectivity index (χ1) is 17.3. The van der Waals surface area contributed by atoms with Crippen LogP contribution >= 0.6 is 11.6 Å². The van der Waals surface area contributed by atoms with Gasteiger partial charge in [0.05, 0.1) is 15.9 Å². The molecule has 9 heteroatoms. The van der Waals surface area contributed by atoms with Crippen LogP contribution in [0.15, 0.2) is 82.6 Å². The van der Waals surface area contributed by atoms with E-state index in [1.807, 2.05) is 19.1 Å². The maximum atomic E-state index is 12.9. The van der Waals surface area contributed by atoms with E-state index in [1.165, 1.54) is 24.3 Å². The summed E-state index contributed by atoms with van der Waals surface area (Å²) >= 11 is 5.96. The summed E-state index contributed by atoms with van der Waals surface area (Å²) in [4.78, 5) is 21.3. The normalized spacial score (nSPS) is 12.2. The fourth-order valence-corrected chi connectivity index (χ4v) is 4.93. The Hall–Kier alpha value is -2.91. The first-order valence-electron chi connectivity index (χ1n) is 11.8. The fourth-order valence-electron chi connectivity index (χ4n) is 3.47. The van der Waals surface area contributed by atoms with Gasteiger partial charge >= 0.3 is 5.97 Å². The maximum Gasteiger partial charge on any atom is 0.355 e. The smallest absolute Gasteiger partial charge is 0.355 e. The summed E-state index contributed by atoms with van der Waals surface area (Å²) in [6.45, 7) is 2.98. The zero-order valence-corrected chi connectivity index (χ0v) is 21.6. The van der Waals surface area contributed by atoms with Gasteiger partial charge in [-0.25, -0.2) is 13.2 Å². The predicted octanol–water partition coefficient (Wildman–Crippen LogP) is 5.07. The van der Waals surface area contributed by atoms with Crippen molar-refractivity contribution in [2.75, 3.05) is 13.1 Å². The summed E-state index contributed by atoms with van der Waals surface area (Å²) in [5, 5.41) is 14.1. The van der Waals surface area contributed by atoms with Crippen molar-refractivity contribution < 1.29 is 28.1 Å². The Labute approximate surface area is 216 Å². The van der Waals surface area contributed by atoms with Crippen molar-refractivity contribution in [3.05, 3.63) is 88.9 Å². The summed E-state index contributed by atoms with van der Waals surface area (Å²) in [5.41, 5.74) is 1.79. The number of hydrogen-bond donors (Lipinski definition) is 2. The van der Waals surface area contributed by atoms with Crippen LogP contribution in [0.4, 0.5) is 0 Å².